The number of carboxylic acids is 1. The van der Waals surface area contributed by atoms with Crippen LogP contribution in [-0.4, -0.2) is 52.9 Å². The van der Waals surface area contributed by atoms with Gasteiger partial charge in [0.15, 0.2) is 0 Å². The molecule has 0 bridgehead atoms. The third-order valence-corrected chi connectivity index (χ3v) is 3.28. The summed E-state index contributed by atoms with van der Waals surface area (Å²) in [6.45, 7) is 2.41. The van der Waals surface area contributed by atoms with E-state index in [-0.39, 0.29) is 24.8 Å². The van der Waals surface area contributed by atoms with Crippen LogP contribution in [0.2, 0.25) is 0 Å². The van der Waals surface area contributed by atoms with Gasteiger partial charge in [0.1, 0.15) is 0 Å². The van der Waals surface area contributed by atoms with Gasteiger partial charge in [-0.25, -0.2) is 0 Å². The Morgan fingerprint density at radius 1 is 1.50 bits per heavy atom. The number of carboxylic acid groups (broad SMARTS) is 1. The summed E-state index contributed by atoms with van der Waals surface area (Å²) in [6, 6.07) is 1.92. The van der Waals surface area contributed by atoms with E-state index in [1.165, 1.54) is 0 Å². The van der Waals surface area contributed by atoms with E-state index in [9.17, 15) is 4.79 Å². The van der Waals surface area contributed by atoms with Gasteiger partial charge in [0.05, 0.1) is 17.8 Å². The van der Waals surface area contributed by atoms with Crippen LogP contribution in [0.1, 0.15) is 18.4 Å². The second kappa shape index (κ2) is 6.79. The molecule has 1 aliphatic rings. The number of pyridine rings is 1. The number of rotatable bonds is 3. The van der Waals surface area contributed by atoms with Crippen LogP contribution in [0.3, 0.4) is 0 Å². The van der Waals surface area contributed by atoms with Crippen molar-refractivity contribution in [2.24, 2.45) is 5.92 Å². The van der Waals surface area contributed by atoms with E-state index in [0.717, 1.165) is 38.0 Å². The average Bonchev–Trinajstić information content (AvgIpc) is 2.33. The molecule has 1 aromatic heterocycles. The Morgan fingerprint density at radius 2 is 2.17 bits per heavy atom. The maximum absolute atomic E-state index is 10.8. The molecule has 2 heterocycles. The maximum atomic E-state index is 10.8. The van der Waals surface area contributed by atoms with Crippen molar-refractivity contribution in [2.75, 3.05) is 18.8 Å². The fourth-order valence-electron chi connectivity index (χ4n) is 2.16. The molecule has 2 rings (SSSR count). The summed E-state index contributed by atoms with van der Waals surface area (Å²) >= 11 is 0. The molecule has 0 amide bonds. The average molecular weight is 243 g/mol. The predicted octanol–water partition coefficient (Wildman–Crippen LogP) is 0.312. The summed E-state index contributed by atoms with van der Waals surface area (Å²) in [7, 11) is 0. The first kappa shape index (κ1) is 15.0. The van der Waals surface area contributed by atoms with Gasteiger partial charge in [0, 0.05) is 12.7 Å². The monoisotopic (exact) mass is 243 g/mol. The first-order chi connectivity index (χ1) is 8.16. The van der Waals surface area contributed by atoms with Crippen molar-refractivity contribution in [2.45, 2.75) is 19.4 Å². The molecule has 0 spiro atoms. The SMILES string of the molecule is Nc1cnccc1CN1CCC(C(=O)O)CC1.[LiH]. The Morgan fingerprint density at radius 3 is 2.72 bits per heavy atom. The molecule has 0 atom stereocenters. The molecule has 0 radical (unpaired) electrons. The molecule has 5 nitrogen and oxygen atoms in total. The van der Waals surface area contributed by atoms with Crippen molar-refractivity contribution in [3.63, 3.8) is 0 Å². The Kier molecular flexibility index (Phi) is 5.67. The summed E-state index contributed by atoms with van der Waals surface area (Å²) in [4.78, 5) is 17.0. The number of nitrogens with zero attached hydrogens (tertiary/aromatic N) is 2. The van der Waals surface area contributed by atoms with Crippen LogP contribution in [-0.2, 0) is 11.3 Å². The van der Waals surface area contributed by atoms with Gasteiger partial charge >= 0.3 is 24.8 Å². The molecule has 1 aliphatic heterocycles. The second-order valence-electron chi connectivity index (χ2n) is 4.46. The number of hydrogen-bond acceptors (Lipinski definition) is 4. The zero-order valence-corrected chi connectivity index (χ0v) is 9.67. The number of piperidine rings is 1. The Bertz CT molecular complexity index is 406. The fourth-order valence-corrected chi connectivity index (χ4v) is 2.16. The molecule has 0 aliphatic carbocycles. The van der Waals surface area contributed by atoms with E-state index < -0.39 is 5.97 Å². The number of anilines is 1. The summed E-state index contributed by atoms with van der Waals surface area (Å²) < 4.78 is 0. The second-order valence-corrected chi connectivity index (χ2v) is 4.46. The molecule has 0 unspecified atom stereocenters. The van der Waals surface area contributed by atoms with Crippen LogP contribution in [0.5, 0.6) is 0 Å². The molecule has 0 aromatic carbocycles. The Hall–Kier alpha value is -1.02. The quantitative estimate of drug-likeness (QED) is 0.747. The van der Waals surface area contributed by atoms with Gasteiger partial charge in [-0.05, 0) is 37.6 Å². The third kappa shape index (κ3) is 3.74. The zero-order chi connectivity index (χ0) is 12.3. The molecule has 1 saturated heterocycles. The van der Waals surface area contributed by atoms with Crippen LogP contribution in [0.15, 0.2) is 18.5 Å². The molecule has 94 valence electrons. The number of nitrogen functional groups attached to an aromatic ring is 1. The van der Waals surface area contributed by atoms with Gasteiger partial charge in [-0.15, -0.1) is 0 Å². The van der Waals surface area contributed by atoms with Gasteiger partial charge in [-0.3, -0.25) is 14.7 Å². The minimum absolute atomic E-state index is 0. The summed E-state index contributed by atoms with van der Waals surface area (Å²) in [5.74, 6) is -0.853. The van der Waals surface area contributed by atoms with Crippen molar-refractivity contribution >= 4 is 30.5 Å². The standard InChI is InChI=1S/C12H17N3O2.Li.H/c13-11-7-14-4-1-10(11)8-15-5-2-9(3-6-15)12(16)17;;/h1,4,7,9H,2-3,5-6,8,13H2,(H,16,17);;. The molecule has 0 saturated carbocycles. The van der Waals surface area contributed by atoms with E-state index >= 15 is 0 Å². The fraction of sp³-hybridized carbons (Fsp3) is 0.500. The first-order valence-corrected chi connectivity index (χ1v) is 5.80. The molecule has 3 N–H and O–H groups in total. The number of carbonyl (C=O) groups is 1. The van der Waals surface area contributed by atoms with Crippen LogP contribution < -0.4 is 5.73 Å². The first-order valence-electron chi connectivity index (χ1n) is 5.80. The van der Waals surface area contributed by atoms with E-state index in [0.29, 0.717) is 5.69 Å². The van der Waals surface area contributed by atoms with E-state index in [1.54, 1.807) is 12.4 Å². The van der Waals surface area contributed by atoms with Gasteiger partial charge in [0.2, 0.25) is 0 Å². The molecule has 1 aromatic rings. The zero-order valence-electron chi connectivity index (χ0n) is 9.67. The van der Waals surface area contributed by atoms with Crippen molar-refractivity contribution in [3.05, 3.63) is 24.0 Å². The van der Waals surface area contributed by atoms with E-state index in [1.807, 2.05) is 6.07 Å². The van der Waals surface area contributed by atoms with Crippen LogP contribution in [0, 0.1) is 5.92 Å². The topological polar surface area (TPSA) is 79.5 Å². The van der Waals surface area contributed by atoms with E-state index in [4.69, 9.17) is 10.8 Å². The molecule has 1 fully saturated rings. The van der Waals surface area contributed by atoms with Gasteiger partial charge in [-0.2, -0.15) is 0 Å². The number of aliphatic carboxylic acids is 1. The van der Waals surface area contributed by atoms with Crippen LogP contribution in [0.4, 0.5) is 5.69 Å². The number of nitrogens with two attached hydrogens (primary N) is 1. The Labute approximate surface area is 119 Å². The molecular weight excluding hydrogens is 225 g/mol. The minimum atomic E-state index is -0.673. The summed E-state index contributed by atoms with van der Waals surface area (Å²) in [5, 5.41) is 8.91. The van der Waals surface area contributed by atoms with Crippen molar-refractivity contribution in [3.8, 4) is 0 Å². The Balaban J connectivity index is 0.00000162. The van der Waals surface area contributed by atoms with Gasteiger partial charge < -0.3 is 10.8 Å². The summed E-state index contributed by atoms with van der Waals surface area (Å²) in [5.41, 5.74) is 7.60. The van der Waals surface area contributed by atoms with Gasteiger partial charge in [0.25, 0.3) is 0 Å². The third-order valence-electron chi connectivity index (χ3n) is 3.28. The van der Waals surface area contributed by atoms with Crippen LogP contribution >= 0.6 is 0 Å². The van der Waals surface area contributed by atoms with E-state index in [2.05, 4.69) is 9.88 Å². The summed E-state index contributed by atoms with van der Waals surface area (Å²) in [6.07, 6.45) is 4.83. The van der Waals surface area contributed by atoms with Crippen molar-refractivity contribution in [1.82, 2.24) is 9.88 Å². The number of hydrogen-bond donors (Lipinski definition) is 2. The molecular formula is C12H18LiN3O2. The molecule has 6 heteroatoms. The van der Waals surface area contributed by atoms with Gasteiger partial charge in [-0.1, -0.05) is 0 Å². The van der Waals surface area contributed by atoms with Crippen LogP contribution in [0.25, 0.3) is 0 Å². The number of likely N-dealkylation sites (tertiary alicyclic amines) is 1. The molecule has 18 heavy (non-hydrogen) atoms. The normalized spacial score (nSPS) is 17.1. The van der Waals surface area contributed by atoms with Crippen molar-refractivity contribution < 1.29 is 9.90 Å². The number of aromatic nitrogens is 1. The van der Waals surface area contributed by atoms with Crippen molar-refractivity contribution in [1.29, 1.82) is 0 Å². The predicted molar refractivity (Wildman–Crippen MR) is 71.4 cm³/mol.